The van der Waals surface area contributed by atoms with Gasteiger partial charge in [-0.05, 0) is 18.9 Å². The number of anilines is 2. The Hall–Kier alpha value is -2.87. The van der Waals surface area contributed by atoms with Gasteiger partial charge in [-0.1, -0.05) is 24.6 Å². The number of rotatable bonds is 6. The Morgan fingerprint density at radius 3 is 2.96 bits per heavy atom. The Morgan fingerprint density at radius 1 is 1.30 bits per heavy atom. The van der Waals surface area contributed by atoms with Crippen molar-refractivity contribution >= 4 is 22.8 Å². The Balaban J connectivity index is 1.65. The van der Waals surface area contributed by atoms with E-state index in [0.717, 1.165) is 30.6 Å². The number of aromatic nitrogens is 4. The lowest BCUT2D eigenvalue weighted by Gasteiger charge is -2.19. The number of para-hydroxylation sites is 1. The maximum absolute atomic E-state index is 9.57. The first-order chi connectivity index (χ1) is 13.2. The van der Waals surface area contributed by atoms with Crippen LogP contribution in [0.15, 0.2) is 30.5 Å². The SMILES string of the molecule is COc1ccccc1Cn1cc2nc(N)nc(NC3CCCC3CO)c2n1. The third-order valence-electron chi connectivity index (χ3n) is 5.17. The maximum atomic E-state index is 9.57. The van der Waals surface area contributed by atoms with E-state index in [1.807, 2.05) is 35.1 Å². The molecule has 2 heterocycles. The number of fused-ring (bicyclic) bond motifs is 1. The van der Waals surface area contributed by atoms with Gasteiger partial charge in [0.15, 0.2) is 11.3 Å². The molecular formula is C19H24N6O2. The number of aliphatic hydroxyl groups excluding tert-OH is 1. The fraction of sp³-hybridized carbons (Fsp3) is 0.421. The summed E-state index contributed by atoms with van der Waals surface area (Å²) in [5.41, 5.74) is 8.31. The minimum absolute atomic E-state index is 0.170. The van der Waals surface area contributed by atoms with Gasteiger partial charge in [0.1, 0.15) is 11.3 Å². The average Bonchev–Trinajstić information content (AvgIpc) is 3.28. The van der Waals surface area contributed by atoms with Gasteiger partial charge in [-0.3, -0.25) is 4.68 Å². The summed E-state index contributed by atoms with van der Waals surface area (Å²) in [5, 5.41) is 17.7. The Morgan fingerprint density at radius 2 is 2.15 bits per heavy atom. The van der Waals surface area contributed by atoms with Crippen molar-refractivity contribution in [2.24, 2.45) is 5.92 Å². The van der Waals surface area contributed by atoms with Gasteiger partial charge >= 0.3 is 0 Å². The van der Waals surface area contributed by atoms with Crippen molar-refractivity contribution in [3.63, 3.8) is 0 Å². The molecule has 0 saturated heterocycles. The van der Waals surface area contributed by atoms with Crippen molar-refractivity contribution in [3.8, 4) is 5.75 Å². The lowest BCUT2D eigenvalue weighted by Crippen LogP contribution is -2.27. The first-order valence-corrected chi connectivity index (χ1v) is 9.18. The quantitative estimate of drug-likeness (QED) is 0.610. The molecule has 1 aromatic carbocycles. The number of ether oxygens (including phenoxy) is 1. The Labute approximate surface area is 157 Å². The van der Waals surface area contributed by atoms with E-state index < -0.39 is 0 Å². The van der Waals surface area contributed by atoms with E-state index in [-0.39, 0.29) is 24.5 Å². The summed E-state index contributed by atoms with van der Waals surface area (Å²) < 4.78 is 7.24. The second-order valence-electron chi connectivity index (χ2n) is 6.93. The third kappa shape index (κ3) is 3.52. The first-order valence-electron chi connectivity index (χ1n) is 9.18. The summed E-state index contributed by atoms with van der Waals surface area (Å²) in [5.74, 6) is 1.88. The lowest BCUT2D eigenvalue weighted by molar-refractivity contribution is 0.222. The van der Waals surface area contributed by atoms with Gasteiger partial charge in [0, 0.05) is 24.1 Å². The van der Waals surface area contributed by atoms with Crippen LogP contribution in [0.1, 0.15) is 24.8 Å². The Kier molecular flexibility index (Phi) is 4.81. The minimum atomic E-state index is 0.170. The van der Waals surface area contributed by atoms with Gasteiger partial charge in [-0.2, -0.15) is 10.1 Å². The normalized spacial score (nSPS) is 19.5. The number of hydrogen-bond donors (Lipinski definition) is 3. The molecule has 1 fully saturated rings. The molecule has 1 aliphatic rings. The zero-order valence-corrected chi connectivity index (χ0v) is 15.3. The number of methoxy groups -OCH3 is 1. The largest absolute Gasteiger partial charge is 0.496 e. The minimum Gasteiger partial charge on any atom is -0.496 e. The molecule has 27 heavy (non-hydrogen) atoms. The Bertz CT molecular complexity index is 941. The number of aliphatic hydroxyl groups is 1. The van der Waals surface area contributed by atoms with Crippen LogP contribution >= 0.6 is 0 Å². The van der Waals surface area contributed by atoms with Crippen LogP contribution in [0.3, 0.4) is 0 Å². The second kappa shape index (κ2) is 7.40. The van der Waals surface area contributed by atoms with Crippen molar-refractivity contribution in [3.05, 3.63) is 36.0 Å². The van der Waals surface area contributed by atoms with Crippen molar-refractivity contribution in [1.82, 2.24) is 19.7 Å². The van der Waals surface area contributed by atoms with Gasteiger partial charge in [-0.25, -0.2) is 4.98 Å². The van der Waals surface area contributed by atoms with E-state index in [9.17, 15) is 5.11 Å². The highest BCUT2D eigenvalue weighted by molar-refractivity contribution is 5.86. The molecule has 2 aromatic heterocycles. The topological polar surface area (TPSA) is 111 Å². The zero-order valence-electron chi connectivity index (χ0n) is 15.3. The summed E-state index contributed by atoms with van der Waals surface area (Å²) in [6, 6.07) is 8.02. The van der Waals surface area contributed by atoms with E-state index in [4.69, 9.17) is 10.5 Å². The molecule has 2 atom stereocenters. The number of hydrogen-bond acceptors (Lipinski definition) is 7. The molecule has 1 saturated carbocycles. The van der Waals surface area contributed by atoms with Crippen LogP contribution in [0, 0.1) is 5.92 Å². The summed E-state index contributed by atoms with van der Waals surface area (Å²) in [6.45, 7) is 0.728. The molecule has 0 bridgehead atoms. The number of nitrogens with zero attached hydrogens (tertiary/aromatic N) is 4. The highest BCUT2D eigenvalue weighted by Gasteiger charge is 2.27. The molecule has 0 radical (unpaired) electrons. The van der Waals surface area contributed by atoms with Crippen molar-refractivity contribution < 1.29 is 9.84 Å². The number of nitrogen functional groups attached to an aromatic ring is 1. The number of benzene rings is 1. The van der Waals surface area contributed by atoms with Gasteiger partial charge < -0.3 is 20.9 Å². The van der Waals surface area contributed by atoms with Crippen LogP contribution in [0.25, 0.3) is 11.0 Å². The third-order valence-corrected chi connectivity index (χ3v) is 5.17. The molecule has 4 N–H and O–H groups in total. The predicted octanol–water partition coefficient (Wildman–Crippen LogP) is 2.04. The molecule has 4 rings (SSSR count). The smallest absolute Gasteiger partial charge is 0.222 e. The monoisotopic (exact) mass is 368 g/mol. The van der Waals surface area contributed by atoms with E-state index in [0.29, 0.717) is 23.4 Å². The second-order valence-corrected chi connectivity index (χ2v) is 6.93. The van der Waals surface area contributed by atoms with Crippen LogP contribution in [0.4, 0.5) is 11.8 Å². The van der Waals surface area contributed by atoms with Gasteiger partial charge in [0.05, 0.1) is 19.9 Å². The molecule has 0 spiro atoms. The van der Waals surface area contributed by atoms with Crippen molar-refractivity contribution in [1.29, 1.82) is 0 Å². The van der Waals surface area contributed by atoms with Gasteiger partial charge in [0.25, 0.3) is 0 Å². The van der Waals surface area contributed by atoms with Crippen molar-refractivity contribution in [2.45, 2.75) is 31.8 Å². The molecule has 142 valence electrons. The molecule has 2 unspecified atom stereocenters. The van der Waals surface area contributed by atoms with Crippen LogP contribution in [-0.4, -0.2) is 44.6 Å². The van der Waals surface area contributed by atoms with Crippen LogP contribution in [0.5, 0.6) is 5.75 Å². The number of nitrogens with two attached hydrogens (primary N) is 1. The summed E-state index contributed by atoms with van der Waals surface area (Å²) in [7, 11) is 1.66. The van der Waals surface area contributed by atoms with Crippen LogP contribution in [-0.2, 0) is 6.54 Å². The van der Waals surface area contributed by atoms with Crippen LogP contribution in [0.2, 0.25) is 0 Å². The summed E-state index contributed by atoms with van der Waals surface area (Å²) in [6.07, 6.45) is 4.97. The molecule has 1 aliphatic carbocycles. The molecule has 8 nitrogen and oxygen atoms in total. The van der Waals surface area contributed by atoms with E-state index in [1.54, 1.807) is 7.11 Å². The van der Waals surface area contributed by atoms with Gasteiger partial charge in [-0.15, -0.1) is 0 Å². The molecule has 0 amide bonds. The molecule has 0 aliphatic heterocycles. The number of nitrogens with one attached hydrogen (secondary N) is 1. The molecule has 3 aromatic rings. The highest BCUT2D eigenvalue weighted by atomic mass is 16.5. The molecule has 8 heteroatoms. The zero-order chi connectivity index (χ0) is 18.8. The lowest BCUT2D eigenvalue weighted by atomic mass is 10.1. The van der Waals surface area contributed by atoms with E-state index in [1.165, 1.54) is 0 Å². The van der Waals surface area contributed by atoms with Crippen LogP contribution < -0.4 is 15.8 Å². The maximum Gasteiger partial charge on any atom is 0.222 e. The summed E-state index contributed by atoms with van der Waals surface area (Å²) >= 11 is 0. The van der Waals surface area contributed by atoms with Gasteiger partial charge in [0.2, 0.25) is 5.95 Å². The predicted molar refractivity (Wildman–Crippen MR) is 104 cm³/mol. The summed E-state index contributed by atoms with van der Waals surface area (Å²) in [4.78, 5) is 8.68. The van der Waals surface area contributed by atoms with Crippen molar-refractivity contribution in [2.75, 3.05) is 24.8 Å². The standard InChI is InChI=1S/C19H24N6O2/c1-27-16-8-3-2-5-12(16)9-25-10-15-17(24-25)18(23-19(20)22-15)21-14-7-4-6-13(14)11-26/h2-3,5,8,10,13-14,26H,4,6-7,9,11H2,1H3,(H3,20,21,22,23). The molecular weight excluding hydrogens is 344 g/mol. The first kappa shape index (κ1) is 17.5. The van der Waals surface area contributed by atoms with E-state index in [2.05, 4.69) is 20.4 Å². The average molecular weight is 368 g/mol. The fourth-order valence-electron chi connectivity index (χ4n) is 3.79. The fourth-order valence-corrected chi connectivity index (χ4v) is 3.79. The highest BCUT2D eigenvalue weighted by Crippen LogP contribution is 2.30. The van der Waals surface area contributed by atoms with E-state index >= 15 is 0 Å².